The van der Waals surface area contributed by atoms with Gasteiger partial charge in [0.2, 0.25) is 0 Å². The van der Waals surface area contributed by atoms with E-state index in [1.165, 1.54) is 135 Å². The summed E-state index contributed by atoms with van der Waals surface area (Å²) in [6, 6.07) is 0. The Bertz CT molecular complexity index is 1750. The lowest BCUT2D eigenvalue weighted by Crippen LogP contribution is -2.30. The average molecular weight is 1150 g/mol. The van der Waals surface area contributed by atoms with Crippen LogP contribution in [0.1, 0.15) is 316 Å². The van der Waals surface area contributed by atoms with Crippen LogP contribution in [0.15, 0.2) is 134 Å². The van der Waals surface area contributed by atoms with E-state index in [0.717, 1.165) is 141 Å². The summed E-state index contributed by atoms with van der Waals surface area (Å²) < 4.78 is 16.9. The predicted octanol–water partition coefficient (Wildman–Crippen LogP) is 24.1. The zero-order valence-corrected chi connectivity index (χ0v) is 54.2. The van der Waals surface area contributed by atoms with Crippen LogP contribution in [-0.2, 0) is 28.6 Å². The van der Waals surface area contributed by atoms with Crippen LogP contribution in [0.5, 0.6) is 0 Å². The number of hydrogen-bond donors (Lipinski definition) is 0. The highest BCUT2D eigenvalue weighted by Crippen LogP contribution is 2.16. The molecule has 83 heavy (non-hydrogen) atoms. The molecule has 0 saturated heterocycles. The molecule has 0 radical (unpaired) electrons. The van der Waals surface area contributed by atoms with Crippen molar-refractivity contribution in [2.24, 2.45) is 0 Å². The number of unbranched alkanes of at least 4 members (excludes halogenated alkanes) is 29. The van der Waals surface area contributed by atoms with Gasteiger partial charge < -0.3 is 14.2 Å². The molecule has 0 aliphatic carbocycles. The summed E-state index contributed by atoms with van der Waals surface area (Å²) in [5, 5.41) is 0. The van der Waals surface area contributed by atoms with Crippen LogP contribution in [0.25, 0.3) is 0 Å². The van der Waals surface area contributed by atoms with Crippen molar-refractivity contribution in [2.45, 2.75) is 322 Å². The summed E-state index contributed by atoms with van der Waals surface area (Å²) in [4.78, 5) is 38.2. The number of esters is 3. The lowest BCUT2D eigenvalue weighted by atomic mass is 10.0. The second-order valence-electron chi connectivity index (χ2n) is 22.7. The second kappa shape index (κ2) is 70.0. The first kappa shape index (κ1) is 78.5. The molecule has 0 aromatic carbocycles. The summed E-state index contributed by atoms with van der Waals surface area (Å²) in [6.45, 7) is 6.47. The minimum Gasteiger partial charge on any atom is -0.462 e. The average Bonchev–Trinajstić information content (AvgIpc) is 3.50. The summed E-state index contributed by atoms with van der Waals surface area (Å²) in [5.74, 6) is -0.907. The largest absolute Gasteiger partial charge is 0.462 e. The van der Waals surface area contributed by atoms with Crippen molar-refractivity contribution in [3.8, 4) is 0 Å². The third-order valence-corrected chi connectivity index (χ3v) is 14.6. The zero-order valence-electron chi connectivity index (χ0n) is 54.2. The third kappa shape index (κ3) is 68.2. The summed E-state index contributed by atoms with van der Waals surface area (Å²) in [6.07, 6.45) is 99.2. The van der Waals surface area contributed by atoms with Gasteiger partial charge in [0.05, 0.1) is 0 Å². The predicted molar refractivity (Wildman–Crippen MR) is 362 cm³/mol. The molecule has 6 nitrogen and oxygen atoms in total. The summed E-state index contributed by atoms with van der Waals surface area (Å²) >= 11 is 0. The van der Waals surface area contributed by atoms with Gasteiger partial charge in [-0.3, -0.25) is 14.4 Å². The van der Waals surface area contributed by atoms with E-state index in [0.29, 0.717) is 19.3 Å². The fraction of sp³-hybridized carbons (Fsp3) is 0.675. The smallest absolute Gasteiger partial charge is 0.306 e. The van der Waals surface area contributed by atoms with Crippen LogP contribution in [0.3, 0.4) is 0 Å². The van der Waals surface area contributed by atoms with Gasteiger partial charge in [-0.05, 0) is 122 Å². The molecule has 472 valence electrons. The molecule has 0 amide bonds. The molecule has 1 unspecified atom stereocenters. The first-order valence-corrected chi connectivity index (χ1v) is 34.7. The number of carbonyl (C=O) groups is 3. The Morgan fingerprint density at radius 1 is 0.253 bits per heavy atom. The first-order chi connectivity index (χ1) is 41.0. The van der Waals surface area contributed by atoms with Gasteiger partial charge in [-0.2, -0.15) is 0 Å². The Labute approximate surface area is 513 Å². The van der Waals surface area contributed by atoms with Gasteiger partial charge in [0.25, 0.3) is 0 Å². The van der Waals surface area contributed by atoms with Crippen LogP contribution in [-0.4, -0.2) is 37.2 Å². The third-order valence-electron chi connectivity index (χ3n) is 14.6. The maximum absolute atomic E-state index is 12.9. The molecule has 0 N–H and O–H groups in total. The number of ether oxygens (including phenoxy) is 3. The quantitative estimate of drug-likeness (QED) is 0.0261. The Morgan fingerprint density at radius 2 is 0.470 bits per heavy atom. The van der Waals surface area contributed by atoms with E-state index in [9.17, 15) is 14.4 Å². The van der Waals surface area contributed by atoms with Crippen LogP contribution >= 0.6 is 0 Å². The summed E-state index contributed by atoms with van der Waals surface area (Å²) in [5.41, 5.74) is 0. The Morgan fingerprint density at radius 3 is 0.735 bits per heavy atom. The minimum absolute atomic E-state index is 0.0853. The van der Waals surface area contributed by atoms with Gasteiger partial charge >= 0.3 is 17.9 Å². The number of hydrogen-bond acceptors (Lipinski definition) is 6. The highest BCUT2D eigenvalue weighted by atomic mass is 16.6. The molecule has 0 saturated carbocycles. The van der Waals surface area contributed by atoms with Gasteiger partial charge in [-0.25, -0.2) is 0 Å². The molecule has 0 aliphatic heterocycles. The van der Waals surface area contributed by atoms with E-state index in [-0.39, 0.29) is 31.1 Å². The number of rotatable bonds is 62. The van der Waals surface area contributed by atoms with E-state index in [1.807, 2.05) is 0 Å². The first-order valence-electron chi connectivity index (χ1n) is 34.7. The zero-order chi connectivity index (χ0) is 59.9. The minimum atomic E-state index is -0.788. The lowest BCUT2D eigenvalue weighted by molar-refractivity contribution is -0.167. The van der Waals surface area contributed by atoms with Crippen LogP contribution in [0.2, 0.25) is 0 Å². The van der Waals surface area contributed by atoms with Crippen molar-refractivity contribution in [3.05, 3.63) is 134 Å². The number of carbonyl (C=O) groups excluding carboxylic acids is 3. The lowest BCUT2D eigenvalue weighted by Gasteiger charge is -2.18. The highest BCUT2D eigenvalue weighted by molar-refractivity contribution is 5.71. The van der Waals surface area contributed by atoms with Crippen molar-refractivity contribution in [2.75, 3.05) is 13.2 Å². The van der Waals surface area contributed by atoms with Crippen LogP contribution in [0.4, 0.5) is 0 Å². The molecule has 0 aliphatic rings. The normalized spacial score (nSPS) is 13.0. The molecular weight excluding hydrogens is 1020 g/mol. The molecule has 0 aromatic rings. The molecule has 1 atom stereocenters. The Hall–Kier alpha value is -4.45. The van der Waals surface area contributed by atoms with Crippen LogP contribution < -0.4 is 0 Å². The molecule has 0 spiro atoms. The van der Waals surface area contributed by atoms with Crippen molar-refractivity contribution >= 4 is 17.9 Å². The second-order valence-corrected chi connectivity index (χ2v) is 22.7. The maximum Gasteiger partial charge on any atom is 0.306 e. The molecular formula is C77H128O6. The topological polar surface area (TPSA) is 78.9 Å². The van der Waals surface area contributed by atoms with E-state index >= 15 is 0 Å². The van der Waals surface area contributed by atoms with Gasteiger partial charge in [0.1, 0.15) is 13.2 Å². The standard InChI is InChI=1S/C77H128O6/c1-4-7-10-13-16-18-20-22-24-26-28-30-32-34-35-36-37-38-39-40-41-43-44-46-48-50-52-54-56-58-61-64-67-70-76(79)82-73-74(72-81-75(78)69-66-63-60-15-12-9-6-3)83-77(80)71-68-65-62-59-57-55-53-51-49-47-45-42-33-31-29-27-25-23-21-19-17-14-11-8-5-2/h7,10,16,18,21-24,27-30,34-35,37-38,40-41,44,46,50,52,74H,4-6,8-9,11-15,17,19-20,25-26,31-33,36,39,42-43,45,47-49,51,53-73H2,1-3H3/b10-7-,18-16-,23-21-,24-22-,29-27-,30-28-,35-34-,38-37-,41-40-,46-44-,52-50-. The van der Waals surface area contributed by atoms with Crippen molar-refractivity contribution in [1.82, 2.24) is 0 Å². The molecule has 0 heterocycles. The Balaban J connectivity index is 4.17. The summed E-state index contributed by atoms with van der Waals surface area (Å²) in [7, 11) is 0. The van der Waals surface area contributed by atoms with E-state index in [2.05, 4.69) is 154 Å². The fourth-order valence-corrected chi connectivity index (χ4v) is 9.47. The van der Waals surface area contributed by atoms with E-state index in [1.54, 1.807) is 0 Å². The molecule has 0 fully saturated rings. The Kier molecular flexibility index (Phi) is 66.3. The van der Waals surface area contributed by atoms with Gasteiger partial charge in [0.15, 0.2) is 6.10 Å². The molecule has 0 bridgehead atoms. The number of allylic oxidation sites excluding steroid dienone is 22. The van der Waals surface area contributed by atoms with Gasteiger partial charge in [-0.1, -0.05) is 309 Å². The fourth-order valence-electron chi connectivity index (χ4n) is 9.47. The van der Waals surface area contributed by atoms with Gasteiger partial charge in [-0.15, -0.1) is 0 Å². The monoisotopic (exact) mass is 1150 g/mol. The maximum atomic E-state index is 12.9. The van der Waals surface area contributed by atoms with E-state index in [4.69, 9.17) is 14.2 Å². The molecule has 0 rings (SSSR count). The van der Waals surface area contributed by atoms with Crippen molar-refractivity contribution < 1.29 is 28.6 Å². The highest BCUT2D eigenvalue weighted by Gasteiger charge is 2.19. The van der Waals surface area contributed by atoms with Crippen molar-refractivity contribution in [1.29, 1.82) is 0 Å². The van der Waals surface area contributed by atoms with E-state index < -0.39 is 6.10 Å². The van der Waals surface area contributed by atoms with Crippen LogP contribution in [0, 0.1) is 0 Å². The molecule has 0 aromatic heterocycles. The molecule has 6 heteroatoms. The van der Waals surface area contributed by atoms with Gasteiger partial charge in [0, 0.05) is 19.3 Å². The van der Waals surface area contributed by atoms with Crippen molar-refractivity contribution in [3.63, 3.8) is 0 Å². The SMILES string of the molecule is CC/C=C\C/C=C\C/C=C\C/C=C\C/C=C\C/C=C\C/C=C\C/C=C\C/C=C\CCCCCCCC(=O)OCC(COC(=O)CCCCCCCCC)OC(=O)CCCCCCCCCCCCCCC/C=C\C/C=C\CCCCCCC.